The molecule has 0 aliphatic carbocycles. The molecular weight excluding hydrogens is 308 g/mol. The number of hydrogen-bond acceptors (Lipinski definition) is 3. The van der Waals surface area contributed by atoms with Crippen molar-refractivity contribution in [3.63, 3.8) is 0 Å². The molecule has 5 nitrogen and oxygen atoms in total. The van der Waals surface area contributed by atoms with Crippen LogP contribution in [0.4, 0.5) is 0 Å². The highest BCUT2D eigenvalue weighted by Crippen LogP contribution is 2.21. The van der Waals surface area contributed by atoms with Crippen molar-refractivity contribution in [2.45, 2.75) is 32.5 Å². The van der Waals surface area contributed by atoms with E-state index in [0.29, 0.717) is 6.67 Å². The number of nitrogens with one attached hydrogen (secondary N) is 1. The molecule has 4 rings (SSSR count). The minimum atomic E-state index is -0.201. The predicted molar refractivity (Wildman–Crippen MR) is 92.2 cm³/mol. The smallest absolute Gasteiger partial charge is 0.207 e. The predicted octanol–water partition coefficient (Wildman–Crippen LogP) is 1.32. The van der Waals surface area contributed by atoms with Gasteiger partial charge in [-0.3, -0.25) is 4.40 Å². The van der Waals surface area contributed by atoms with E-state index in [9.17, 15) is 5.11 Å². The molecule has 1 unspecified atom stereocenters. The molecular formula is C17H21N4OS+. The molecule has 23 heavy (non-hydrogen) atoms. The second-order valence-corrected chi connectivity index (χ2v) is 6.84. The van der Waals surface area contributed by atoms with Gasteiger partial charge >= 0.3 is 0 Å². The number of fused-ring (bicyclic) bond motifs is 3. The van der Waals surface area contributed by atoms with E-state index < -0.39 is 0 Å². The molecule has 1 aliphatic heterocycles. The number of aliphatic hydroxyl groups excluding tert-OH is 1. The van der Waals surface area contributed by atoms with E-state index in [4.69, 9.17) is 17.3 Å². The summed E-state index contributed by atoms with van der Waals surface area (Å²) >= 11 is 5.68. The number of aliphatic hydroxyl groups is 1. The molecule has 0 radical (unpaired) electrons. The third kappa shape index (κ3) is 2.56. The van der Waals surface area contributed by atoms with Gasteiger partial charge in [-0.1, -0.05) is 18.2 Å². The Labute approximate surface area is 139 Å². The molecule has 6 heteroatoms. The van der Waals surface area contributed by atoms with Gasteiger partial charge in [0.2, 0.25) is 4.77 Å². The Morgan fingerprint density at radius 3 is 3.04 bits per heavy atom. The van der Waals surface area contributed by atoms with Gasteiger partial charge in [0.25, 0.3) is 0 Å². The number of aryl methyl sites for hydroxylation is 1. The molecule has 3 aromatic rings. The maximum absolute atomic E-state index is 9.86. The van der Waals surface area contributed by atoms with Crippen LogP contribution in [0, 0.1) is 11.7 Å². The molecule has 2 aromatic heterocycles. The van der Waals surface area contributed by atoms with Crippen molar-refractivity contribution in [1.29, 1.82) is 0 Å². The summed E-state index contributed by atoms with van der Waals surface area (Å²) in [6, 6.07) is 10.4. The summed E-state index contributed by atoms with van der Waals surface area (Å²) in [7, 11) is 0. The summed E-state index contributed by atoms with van der Waals surface area (Å²) < 4.78 is 4.69. The zero-order valence-electron chi connectivity index (χ0n) is 13.2. The Morgan fingerprint density at radius 1 is 1.39 bits per heavy atom. The number of pyridine rings is 1. The van der Waals surface area contributed by atoms with Crippen LogP contribution in [-0.4, -0.2) is 38.5 Å². The summed E-state index contributed by atoms with van der Waals surface area (Å²) in [5, 5.41) is 15.8. The van der Waals surface area contributed by atoms with E-state index in [1.165, 1.54) is 15.8 Å². The molecule has 0 bridgehead atoms. The fourth-order valence-electron chi connectivity index (χ4n) is 3.60. The number of aromatic nitrogens is 3. The van der Waals surface area contributed by atoms with Crippen LogP contribution in [0.3, 0.4) is 0 Å². The minimum absolute atomic E-state index is 0.201. The Kier molecular flexibility index (Phi) is 3.67. The van der Waals surface area contributed by atoms with Crippen LogP contribution in [0.1, 0.15) is 18.4 Å². The number of rotatable bonds is 2. The highest BCUT2D eigenvalue weighted by Gasteiger charge is 2.22. The van der Waals surface area contributed by atoms with Gasteiger partial charge in [-0.25, -0.2) is 0 Å². The van der Waals surface area contributed by atoms with Crippen LogP contribution in [0.2, 0.25) is 0 Å². The topological polar surface area (TPSA) is 46.9 Å². The first kappa shape index (κ1) is 14.8. The highest BCUT2D eigenvalue weighted by molar-refractivity contribution is 7.71. The lowest BCUT2D eigenvalue weighted by Gasteiger charge is -2.26. The third-order valence-electron chi connectivity index (χ3n) is 4.75. The number of para-hydroxylation sites is 1. The number of nitrogens with zero attached hydrogens (tertiary/aromatic N) is 3. The second-order valence-electron chi connectivity index (χ2n) is 6.48. The maximum Gasteiger partial charge on any atom is 0.207 e. The first-order valence-electron chi connectivity index (χ1n) is 8.13. The van der Waals surface area contributed by atoms with E-state index in [1.54, 1.807) is 0 Å². The molecule has 1 aliphatic rings. The van der Waals surface area contributed by atoms with Gasteiger partial charge in [-0.2, -0.15) is 4.68 Å². The lowest BCUT2D eigenvalue weighted by atomic mass is 10.1. The van der Waals surface area contributed by atoms with Gasteiger partial charge in [-0.15, -0.1) is 5.10 Å². The lowest BCUT2D eigenvalue weighted by molar-refractivity contribution is -0.931. The summed E-state index contributed by atoms with van der Waals surface area (Å²) in [6.45, 7) is 4.66. The Balaban J connectivity index is 1.81. The molecule has 1 fully saturated rings. The van der Waals surface area contributed by atoms with Gasteiger partial charge < -0.3 is 10.0 Å². The van der Waals surface area contributed by atoms with Crippen molar-refractivity contribution in [3.05, 3.63) is 40.7 Å². The van der Waals surface area contributed by atoms with Crippen molar-refractivity contribution < 1.29 is 10.0 Å². The molecule has 1 aromatic carbocycles. The van der Waals surface area contributed by atoms with Crippen LogP contribution in [0.15, 0.2) is 30.3 Å². The average Bonchev–Trinajstić information content (AvgIpc) is 2.84. The van der Waals surface area contributed by atoms with Crippen molar-refractivity contribution in [1.82, 2.24) is 14.2 Å². The van der Waals surface area contributed by atoms with Crippen molar-refractivity contribution in [2.75, 3.05) is 13.1 Å². The number of likely N-dealkylation sites (tertiary alicyclic amines) is 1. The monoisotopic (exact) mass is 329 g/mol. The number of piperidine rings is 1. The molecule has 0 saturated carbocycles. The standard InChI is InChI=1S/C17H20N4OS/c1-12-9-16-18-20(11-19-8-4-5-13(22)10-19)17(23)21(16)15-7-3-2-6-14(12)15/h2-3,6-7,9,13,22H,4-5,8,10-11H2,1H3/p+1/t13-/m1/s1. The molecule has 0 amide bonds. The zero-order valence-corrected chi connectivity index (χ0v) is 14.0. The number of hydrogen-bond donors (Lipinski definition) is 2. The number of quaternary nitrogens is 1. The minimum Gasteiger partial charge on any atom is -0.387 e. The highest BCUT2D eigenvalue weighted by atomic mass is 32.1. The van der Waals surface area contributed by atoms with Gasteiger partial charge in [0.05, 0.1) is 12.1 Å². The van der Waals surface area contributed by atoms with Crippen LogP contribution in [-0.2, 0) is 6.67 Å². The summed E-state index contributed by atoms with van der Waals surface area (Å²) in [5.41, 5.74) is 3.21. The van der Waals surface area contributed by atoms with E-state index in [0.717, 1.165) is 41.9 Å². The second kappa shape index (κ2) is 5.70. The SMILES string of the molecule is Cc1cc2nn(C[NH+]3CCC[C@@H](O)C3)c(=S)n2c2ccccc12. The van der Waals surface area contributed by atoms with Crippen LogP contribution >= 0.6 is 12.2 Å². The first-order valence-corrected chi connectivity index (χ1v) is 8.54. The third-order valence-corrected chi connectivity index (χ3v) is 5.14. The quantitative estimate of drug-likeness (QED) is 0.697. The molecule has 0 spiro atoms. The summed E-state index contributed by atoms with van der Waals surface area (Å²) in [5.74, 6) is 0. The van der Waals surface area contributed by atoms with Crippen LogP contribution in [0.25, 0.3) is 16.6 Å². The first-order chi connectivity index (χ1) is 11.1. The Hall–Kier alpha value is -1.76. The molecule has 2 atom stereocenters. The molecule has 2 N–H and O–H groups in total. The van der Waals surface area contributed by atoms with Crippen LogP contribution < -0.4 is 4.90 Å². The van der Waals surface area contributed by atoms with Crippen molar-refractivity contribution in [2.24, 2.45) is 0 Å². The van der Waals surface area contributed by atoms with Crippen LogP contribution in [0.5, 0.6) is 0 Å². The average molecular weight is 329 g/mol. The maximum atomic E-state index is 9.86. The van der Waals surface area contributed by atoms with E-state index in [2.05, 4.69) is 35.6 Å². The normalized spacial score (nSPS) is 22.0. The van der Waals surface area contributed by atoms with Gasteiger partial charge in [-0.05, 0) is 49.7 Å². The molecule has 120 valence electrons. The van der Waals surface area contributed by atoms with Gasteiger partial charge in [0.15, 0.2) is 12.3 Å². The molecule has 1 saturated heterocycles. The number of benzene rings is 1. The largest absolute Gasteiger partial charge is 0.387 e. The van der Waals surface area contributed by atoms with Gasteiger partial charge in [0.1, 0.15) is 12.6 Å². The van der Waals surface area contributed by atoms with Crippen molar-refractivity contribution >= 4 is 28.8 Å². The van der Waals surface area contributed by atoms with E-state index in [1.807, 2.05) is 10.7 Å². The summed E-state index contributed by atoms with van der Waals surface area (Å²) in [6.07, 6.45) is 1.76. The Morgan fingerprint density at radius 2 is 2.22 bits per heavy atom. The Bertz CT molecular complexity index is 929. The van der Waals surface area contributed by atoms with E-state index in [-0.39, 0.29) is 6.10 Å². The fraction of sp³-hybridized carbons (Fsp3) is 0.412. The summed E-state index contributed by atoms with van der Waals surface area (Å²) in [4.78, 5) is 1.34. The fourth-order valence-corrected chi connectivity index (χ4v) is 3.90. The van der Waals surface area contributed by atoms with Crippen molar-refractivity contribution in [3.8, 4) is 0 Å². The lowest BCUT2D eigenvalue weighted by Crippen LogP contribution is -3.13. The molecule has 3 heterocycles. The zero-order chi connectivity index (χ0) is 16.0. The van der Waals surface area contributed by atoms with Gasteiger partial charge in [0, 0.05) is 5.39 Å². The van der Waals surface area contributed by atoms with E-state index >= 15 is 0 Å².